The average molecular weight is 2030 g/mol. The number of ether oxygens (including phenoxy) is 5. The van der Waals surface area contributed by atoms with Crippen LogP contribution in [-0.4, -0.2) is 164 Å². The molecule has 35 heteroatoms. The van der Waals surface area contributed by atoms with Gasteiger partial charge in [0.2, 0.25) is 50.1 Å². The first-order chi connectivity index (χ1) is 68.2. The number of nitrogens with zero attached hydrogens (tertiary/aromatic N) is 15. The van der Waals surface area contributed by atoms with E-state index in [1.54, 1.807) is 95.7 Å². The topological polar surface area (TPSA) is 377 Å². The van der Waals surface area contributed by atoms with Crippen molar-refractivity contribution in [3.05, 3.63) is 240 Å². The van der Waals surface area contributed by atoms with Crippen LogP contribution in [0, 0.1) is 56.7 Å². The fourth-order valence-electron chi connectivity index (χ4n) is 17.8. The second kappa shape index (κ2) is 44.1. The molecule has 0 amide bonds. The molecular formula is C108H117N15O15S5. The van der Waals surface area contributed by atoms with Crippen LogP contribution in [0.3, 0.4) is 0 Å². The Kier molecular flexibility index (Phi) is 32.5. The lowest BCUT2D eigenvalue weighted by Crippen LogP contribution is -2.27. The van der Waals surface area contributed by atoms with Crippen LogP contribution in [0.15, 0.2) is 212 Å². The maximum Gasteiger partial charge on any atom is 0.234 e. The molecular weight excluding hydrogens is 1910 g/mol. The molecule has 0 aliphatic heterocycles. The number of aryl methyl sites for hydroxylation is 3. The standard InChI is InChI=1S/C23H25N3O3S.C22H23N3O3S.C22H25N3O3S.C21H23N3O3S.C20H21N3O3S/c1-4-29-19-12-13-20-21(15-24)23(26(22(20)14-19)18-6-5-7-18)16-8-10-17(11-9-16)25(2)30(3,27)28;1-24(29(3,26)27)16-9-7-15(8-10-16)22-20(14-23)19-12-11-18(28-2)13-21(19)25(22)17-5-4-6-17;1-5-25-21-14-18(28-6-2)12-13-19(21)20(15-23)22(25)16-8-10-17(11-9-16)24(4)29(26,27)7-3;1-5-27-17-11-12-18-19(14-22)21(23(3)20(18)13-17)15-7-9-16(10-8-15)24(4)28(25,26)6-2;1-5-26-16-10-11-17-18(13-21)20(22(2)19(17)12-16)14-6-8-15(9-7-14)23(3)27(4,24)25/h8-14,18H,4-7H2,1-3H3;7-13,17H,4-6H2,1-3H3;8-14H,5-7H2,1-4H3;7-13H,5-6H2,1-4H3;6-12H,5H2,1-4H3. The smallest absolute Gasteiger partial charge is 0.234 e. The Morgan fingerprint density at radius 2 is 0.538 bits per heavy atom. The second-order valence-electron chi connectivity index (χ2n) is 34.4. The summed E-state index contributed by atoms with van der Waals surface area (Å²) in [6.45, 7) is 16.0. The quantitative estimate of drug-likeness (QED) is 0.0420. The van der Waals surface area contributed by atoms with Gasteiger partial charge in [-0.15, -0.1) is 0 Å². The van der Waals surface area contributed by atoms with E-state index in [0.29, 0.717) is 101 Å². The van der Waals surface area contributed by atoms with E-state index < -0.39 is 50.1 Å². The third-order valence-corrected chi connectivity index (χ3v) is 33.3. The monoisotopic (exact) mass is 2020 g/mol. The number of hydrogen-bond donors (Lipinski definition) is 0. The zero-order valence-corrected chi connectivity index (χ0v) is 87.5. The first kappa shape index (κ1) is 105. The van der Waals surface area contributed by atoms with Crippen molar-refractivity contribution >= 4 is 133 Å². The van der Waals surface area contributed by atoms with Crippen molar-refractivity contribution in [2.75, 3.05) is 121 Å². The minimum absolute atomic E-state index is 0.0369. The van der Waals surface area contributed by atoms with Gasteiger partial charge < -0.3 is 46.5 Å². The lowest BCUT2D eigenvalue weighted by atomic mass is 9.92. The Hall–Kier alpha value is -14.9. The van der Waals surface area contributed by atoms with Crippen LogP contribution in [0.25, 0.3) is 111 Å². The first-order valence-electron chi connectivity index (χ1n) is 46.8. The number of hydrogen-bond acceptors (Lipinski definition) is 20. The number of methoxy groups -OCH3 is 1. The number of fused-ring (bicyclic) bond motifs is 5. The number of anilines is 5. The predicted molar refractivity (Wildman–Crippen MR) is 571 cm³/mol. The summed E-state index contributed by atoms with van der Waals surface area (Å²) in [6, 6.07) is 77.6. The third kappa shape index (κ3) is 21.8. The average Bonchev–Trinajstić information content (AvgIpc) is 1.62. The summed E-state index contributed by atoms with van der Waals surface area (Å²) in [6.07, 6.45) is 10.2. The summed E-state index contributed by atoms with van der Waals surface area (Å²) in [7, 11) is -3.50. The molecule has 5 heterocycles. The normalized spacial score (nSPS) is 12.6. The fraction of sp³-hybridized carbons (Fsp3) is 0.306. The molecule has 10 aromatic carbocycles. The molecule has 15 aromatic rings. The van der Waals surface area contributed by atoms with Gasteiger partial charge in [-0.1, -0.05) is 60.7 Å². The predicted octanol–water partition coefficient (Wildman–Crippen LogP) is 20.8. The number of rotatable bonds is 29. The Bertz CT molecular complexity index is 8140. The Balaban J connectivity index is 0.000000150. The van der Waals surface area contributed by atoms with Gasteiger partial charge in [0.1, 0.15) is 59.1 Å². The molecule has 744 valence electrons. The summed E-state index contributed by atoms with van der Waals surface area (Å²) in [5.41, 5.74) is 19.3. The molecule has 0 N–H and O–H groups in total. The van der Waals surface area contributed by atoms with Gasteiger partial charge in [0.25, 0.3) is 0 Å². The third-order valence-electron chi connectivity index (χ3n) is 26.1. The molecule has 0 bridgehead atoms. The second-order valence-corrected chi connectivity index (χ2v) is 45.1. The van der Waals surface area contributed by atoms with Crippen molar-refractivity contribution in [1.29, 1.82) is 26.3 Å². The summed E-state index contributed by atoms with van der Waals surface area (Å²) in [5.74, 6) is 3.91. The van der Waals surface area contributed by atoms with Crippen LogP contribution in [0.5, 0.6) is 28.7 Å². The molecule has 0 atom stereocenters. The van der Waals surface area contributed by atoms with Crippen molar-refractivity contribution in [2.24, 2.45) is 14.1 Å². The molecule has 2 aliphatic rings. The van der Waals surface area contributed by atoms with E-state index in [0.717, 1.165) is 171 Å². The van der Waals surface area contributed by atoms with Crippen LogP contribution in [-0.2, 0) is 70.8 Å². The van der Waals surface area contributed by atoms with Gasteiger partial charge in [-0.3, -0.25) is 21.5 Å². The van der Waals surface area contributed by atoms with Crippen LogP contribution in [0.4, 0.5) is 28.4 Å². The Morgan fingerprint density at radius 3 is 0.790 bits per heavy atom. The largest absolute Gasteiger partial charge is 0.497 e. The van der Waals surface area contributed by atoms with Gasteiger partial charge in [0, 0.05) is 125 Å². The highest BCUT2D eigenvalue weighted by atomic mass is 32.2. The summed E-state index contributed by atoms with van der Waals surface area (Å²) >= 11 is 0. The van der Waals surface area contributed by atoms with Gasteiger partial charge in [-0.25, -0.2) is 42.1 Å². The molecule has 143 heavy (non-hydrogen) atoms. The van der Waals surface area contributed by atoms with Crippen LogP contribution in [0.1, 0.15) is 127 Å². The maximum atomic E-state index is 12.1. The highest BCUT2D eigenvalue weighted by Crippen LogP contribution is 2.48. The minimum Gasteiger partial charge on any atom is -0.497 e. The number of sulfonamides is 5. The molecule has 5 aromatic heterocycles. The molecule has 2 fully saturated rings. The fourth-order valence-corrected chi connectivity index (χ4v) is 21.0. The van der Waals surface area contributed by atoms with E-state index in [1.807, 2.05) is 210 Å². The molecule has 0 spiro atoms. The molecule has 0 unspecified atom stereocenters. The lowest BCUT2D eigenvalue weighted by Gasteiger charge is -2.30. The van der Waals surface area contributed by atoms with E-state index in [4.69, 9.17) is 23.7 Å². The summed E-state index contributed by atoms with van der Waals surface area (Å²) in [4.78, 5) is 0. The molecule has 17 rings (SSSR count). The Labute approximate surface area is 837 Å². The molecule has 2 saturated carbocycles. The SMILES string of the molecule is CCOc1ccc2c(C#N)c(-c3ccc(N(C)S(=O)(=O)CC)cc3)n(C)c2c1.CCOc1ccc2c(C#N)c(-c3ccc(N(C)S(=O)(=O)CC)cc3)n(CC)c2c1.CCOc1ccc2c(C#N)c(-c3ccc(N(C)S(C)(=O)=O)cc3)n(C)c2c1.CCOc1ccc2c(C#N)c(-c3ccc(N(C)S(C)(=O)=O)cc3)n(C3CCC3)c2c1.COc1ccc2c(C#N)c(-c3ccc(N(C)S(C)(=O)=O)cc3)n(C3CCC3)c2c1. The van der Waals surface area contributed by atoms with E-state index in [9.17, 15) is 68.4 Å². The van der Waals surface area contributed by atoms with Gasteiger partial charge in [-0.05, 0) is 236 Å². The highest BCUT2D eigenvalue weighted by Gasteiger charge is 2.33. The highest BCUT2D eigenvalue weighted by molar-refractivity contribution is 7.93. The molecule has 30 nitrogen and oxygen atoms in total. The van der Waals surface area contributed by atoms with E-state index in [1.165, 1.54) is 68.0 Å². The van der Waals surface area contributed by atoms with Crippen molar-refractivity contribution in [3.8, 4) is 115 Å². The number of nitriles is 5. The molecule has 0 saturated heterocycles. The van der Waals surface area contributed by atoms with Gasteiger partial charge in [0.15, 0.2) is 0 Å². The van der Waals surface area contributed by atoms with Gasteiger partial charge in [-0.2, -0.15) is 26.3 Å². The van der Waals surface area contributed by atoms with E-state index >= 15 is 0 Å². The van der Waals surface area contributed by atoms with Crippen LogP contribution < -0.4 is 45.2 Å². The number of benzene rings is 10. The van der Waals surface area contributed by atoms with Crippen molar-refractivity contribution in [3.63, 3.8) is 0 Å². The van der Waals surface area contributed by atoms with Crippen LogP contribution in [0.2, 0.25) is 0 Å². The summed E-state index contributed by atoms with van der Waals surface area (Å²) < 4.78 is 164. The molecule has 0 radical (unpaired) electrons. The van der Waals surface area contributed by atoms with Gasteiger partial charge >= 0.3 is 0 Å². The summed E-state index contributed by atoms with van der Waals surface area (Å²) in [5, 5.41) is 53.7. The maximum absolute atomic E-state index is 12.1. The first-order valence-corrected chi connectivity index (χ1v) is 55.5. The van der Waals surface area contributed by atoms with Crippen LogP contribution >= 0.6 is 0 Å². The zero-order chi connectivity index (χ0) is 104. The molecule has 2 aliphatic carbocycles. The van der Waals surface area contributed by atoms with E-state index in [-0.39, 0.29) is 11.5 Å². The van der Waals surface area contributed by atoms with Crippen molar-refractivity contribution < 1.29 is 65.8 Å². The number of aromatic nitrogens is 5. The zero-order valence-electron chi connectivity index (χ0n) is 83.4. The lowest BCUT2D eigenvalue weighted by molar-refractivity contribution is 0.322. The van der Waals surface area contributed by atoms with Crippen molar-refractivity contribution in [2.45, 2.75) is 106 Å². The van der Waals surface area contributed by atoms with Gasteiger partial charge in [0.05, 0.1) is 176 Å². The minimum atomic E-state index is -3.33. The van der Waals surface area contributed by atoms with E-state index in [2.05, 4.69) is 44.0 Å². The van der Waals surface area contributed by atoms with Crippen molar-refractivity contribution in [1.82, 2.24) is 22.8 Å². The Morgan fingerprint density at radius 1 is 0.308 bits per heavy atom.